The first-order valence-electron chi connectivity index (χ1n) is 6.77. The van der Waals surface area contributed by atoms with Gasteiger partial charge in [-0.3, -0.25) is 4.79 Å². The van der Waals surface area contributed by atoms with Gasteiger partial charge in [0.1, 0.15) is 0 Å². The molecule has 1 aliphatic carbocycles. The Bertz CT molecular complexity index is 425. The average molecular weight is 263 g/mol. The Hall–Kier alpha value is -1.69. The number of carbonyl (C=O) groups is 1. The molecule has 0 aromatic carbocycles. The molecule has 1 aromatic heterocycles. The van der Waals surface area contributed by atoms with Gasteiger partial charge in [-0.2, -0.15) is 0 Å². The molecule has 0 atom stereocenters. The first-order chi connectivity index (χ1) is 9.11. The molecule has 1 aliphatic rings. The highest BCUT2D eigenvalue weighted by Gasteiger charge is 2.24. The van der Waals surface area contributed by atoms with Gasteiger partial charge in [-0.25, -0.2) is 0 Å². The summed E-state index contributed by atoms with van der Waals surface area (Å²) in [5.41, 5.74) is 11.3. The van der Waals surface area contributed by atoms with Crippen LogP contribution in [0, 0.1) is 0 Å². The smallest absolute Gasteiger partial charge is 0.269 e. The zero-order chi connectivity index (χ0) is 13.8. The predicted molar refractivity (Wildman–Crippen MR) is 73.8 cm³/mol. The summed E-state index contributed by atoms with van der Waals surface area (Å²) >= 11 is 0. The summed E-state index contributed by atoms with van der Waals surface area (Å²) in [5, 5.41) is 7.98. The monoisotopic (exact) mass is 263 g/mol. The summed E-state index contributed by atoms with van der Waals surface area (Å²) in [4.78, 5) is 13.2. The van der Waals surface area contributed by atoms with Crippen LogP contribution in [-0.4, -0.2) is 34.7 Å². The maximum atomic E-state index is 11.0. The maximum absolute atomic E-state index is 11.0. The second kappa shape index (κ2) is 5.97. The normalized spacial score (nSPS) is 23.1. The van der Waals surface area contributed by atoms with Crippen molar-refractivity contribution in [2.75, 3.05) is 11.4 Å². The largest absolute Gasteiger partial charge is 0.364 e. The Balaban J connectivity index is 2.10. The number of nitrogens with two attached hydrogens (primary N) is 2. The van der Waals surface area contributed by atoms with Crippen molar-refractivity contribution in [2.24, 2.45) is 11.5 Å². The molecule has 4 N–H and O–H groups in total. The molecular formula is C13H21N5O. The van der Waals surface area contributed by atoms with Crippen molar-refractivity contribution in [1.82, 2.24) is 10.2 Å². The number of anilines is 1. The van der Waals surface area contributed by atoms with E-state index in [-0.39, 0.29) is 5.69 Å². The van der Waals surface area contributed by atoms with Crippen LogP contribution in [0.1, 0.15) is 43.1 Å². The van der Waals surface area contributed by atoms with E-state index in [2.05, 4.69) is 22.0 Å². The van der Waals surface area contributed by atoms with Gasteiger partial charge >= 0.3 is 0 Å². The zero-order valence-corrected chi connectivity index (χ0v) is 11.2. The van der Waals surface area contributed by atoms with Gasteiger partial charge in [-0.05, 0) is 44.7 Å². The van der Waals surface area contributed by atoms with Crippen molar-refractivity contribution >= 4 is 11.7 Å². The second-order valence-corrected chi connectivity index (χ2v) is 5.00. The van der Waals surface area contributed by atoms with Crippen molar-refractivity contribution in [2.45, 2.75) is 44.7 Å². The van der Waals surface area contributed by atoms with E-state index in [1.807, 2.05) is 6.07 Å². The van der Waals surface area contributed by atoms with E-state index >= 15 is 0 Å². The summed E-state index contributed by atoms with van der Waals surface area (Å²) in [5.74, 6) is 0.249. The number of aromatic nitrogens is 2. The highest BCUT2D eigenvalue weighted by atomic mass is 16.1. The van der Waals surface area contributed by atoms with Crippen LogP contribution in [-0.2, 0) is 0 Å². The van der Waals surface area contributed by atoms with Crippen LogP contribution < -0.4 is 16.4 Å². The van der Waals surface area contributed by atoms with Gasteiger partial charge in [-0.1, -0.05) is 0 Å². The Labute approximate surface area is 113 Å². The van der Waals surface area contributed by atoms with Crippen molar-refractivity contribution in [3.8, 4) is 0 Å². The van der Waals surface area contributed by atoms with Crippen LogP contribution >= 0.6 is 0 Å². The number of primary amides is 1. The molecular weight excluding hydrogens is 242 g/mol. The Morgan fingerprint density at radius 2 is 2.00 bits per heavy atom. The molecule has 6 nitrogen and oxygen atoms in total. The third-order valence-electron chi connectivity index (χ3n) is 3.72. The van der Waals surface area contributed by atoms with E-state index in [0.29, 0.717) is 12.1 Å². The molecule has 19 heavy (non-hydrogen) atoms. The topological polar surface area (TPSA) is 98.1 Å². The third-order valence-corrected chi connectivity index (χ3v) is 3.72. The molecule has 0 unspecified atom stereocenters. The van der Waals surface area contributed by atoms with E-state index in [0.717, 1.165) is 38.0 Å². The highest BCUT2D eigenvalue weighted by Crippen LogP contribution is 2.25. The Morgan fingerprint density at radius 1 is 1.32 bits per heavy atom. The minimum absolute atomic E-state index is 0.200. The van der Waals surface area contributed by atoms with E-state index in [1.54, 1.807) is 6.07 Å². The lowest BCUT2D eigenvalue weighted by molar-refractivity contribution is 0.0994. The second-order valence-electron chi connectivity index (χ2n) is 5.00. The van der Waals surface area contributed by atoms with Gasteiger partial charge in [0, 0.05) is 18.6 Å². The predicted octanol–water partition coefficient (Wildman–Crippen LogP) is 0.672. The number of hydrogen-bond donors (Lipinski definition) is 2. The summed E-state index contributed by atoms with van der Waals surface area (Å²) in [6.45, 7) is 2.96. The molecule has 1 heterocycles. The minimum atomic E-state index is -0.550. The van der Waals surface area contributed by atoms with Crippen LogP contribution in [0.15, 0.2) is 12.1 Å². The molecule has 0 bridgehead atoms. The molecule has 0 radical (unpaired) electrons. The molecule has 1 amide bonds. The molecule has 6 heteroatoms. The van der Waals surface area contributed by atoms with Crippen LogP contribution in [0.3, 0.4) is 0 Å². The standard InChI is InChI=1S/C13H21N5O/c1-2-18(10-5-3-9(14)4-6-10)12-8-7-11(13(15)19)16-17-12/h7-10H,2-6,14H2,1H3,(H2,15,19). The summed E-state index contributed by atoms with van der Waals surface area (Å²) in [6.07, 6.45) is 4.25. The van der Waals surface area contributed by atoms with Crippen LogP contribution in [0.25, 0.3) is 0 Å². The van der Waals surface area contributed by atoms with E-state index in [1.165, 1.54) is 0 Å². The van der Waals surface area contributed by atoms with E-state index in [4.69, 9.17) is 11.5 Å². The van der Waals surface area contributed by atoms with E-state index < -0.39 is 5.91 Å². The average Bonchev–Trinajstić information content (AvgIpc) is 2.42. The fourth-order valence-corrected chi connectivity index (χ4v) is 2.63. The van der Waals surface area contributed by atoms with Gasteiger partial charge in [-0.15, -0.1) is 10.2 Å². The van der Waals surface area contributed by atoms with Crippen molar-refractivity contribution in [3.63, 3.8) is 0 Å². The van der Waals surface area contributed by atoms with Gasteiger partial charge in [0.2, 0.25) is 0 Å². The number of carbonyl (C=O) groups excluding carboxylic acids is 1. The summed E-state index contributed by atoms with van der Waals surface area (Å²) in [6, 6.07) is 4.23. The van der Waals surface area contributed by atoms with Gasteiger partial charge in [0.05, 0.1) is 0 Å². The first kappa shape index (κ1) is 13.7. The Kier molecular flexibility index (Phi) is 4.31. The van der Waals surface area contributed by atoms with Crippen LogP contribution in [0.4, 0.5) is 5.82 Å². The maximum Gasteiger partial charge on any atom is 0.269 e. The molecule has 1 aromatic rings. The lowest BCUT2D eigenvalue weighted by atomic mass is 9.91. The zero-order valence-electron chi connectivity index (χ0n) is 11.2. The number of amides is 1. The Morgan fingerprint density at radius 3 is 2.47 bits per heavy atom. The molecule has 1 saturated carbocycles. The molecule has 104 valence electrons. The fraction of sp³-hybridized carbons (Fsp3) is 0.615. The van der Waals surface area contributed by atoms with Crippen molar-refractivity contribution in [1.29, 1.82) is 0 Å². The number of nitrogens with zero attached hydrogens (tertiary/aromatic N) is 3. The quantitative estimate of drug-likeness (QED) is 0.832. The molecule has 0 saturated heterocycles. The fourth-order valence-electron chi connectivity index (χ4n) is 2.63. The van der Waals surface area contributed by atoms with Crippen molar-refractivity contribution < 1.29 is 4.79 Å². The van der Waals surface area contributed by atoms with Gasteiger partial charge in [0.25, 0.3) is 5.91 Å². The summed E-state index contributed by atoms with van der Waals surface area (Å²) < 4.78 is 0. The lowest BCUT2D eigenvalue weighted by Gasteiger charge is -2.35. The molecule has 0 spiro atoms. The van der Waals surface area contributed by atoms with Gasteiger partial charge in [0.15, 0.2) is 11.5 Å². The molecule has 2 rings (SSSR count). The lowest BCUT2D eigenvalue weighted by Crippen LogP contribution is -2.41. The number of hydrogen-bond acceptors (Lipinski definition) is 5. The molecule has 0 aliphatic heterocycles. The SMILES string of the molecule is CCN(c1ccc(C(N)=O)nn1)C1CCC(N)CC1. The highest BCUT2D eigenvalue weighted by molar-refractivity contribution is 5.90. The van der Waals surface area contributed by atoms with Crippen molar-refractivity contribution in [3.05, 3.63) is 17.8 Å². The minimum Gasteiger partial charge on any atom is -0.364 e. The summed E-state index contributed by atoms with van der Waals surface area (Å²) in [7, 11) is 0. The van der Waals surface area contributed by atoms with Crippen LogP contribution in [0.2, 0.25) is 0 Å². The van der Waals surface area contributed by atoms with Crippen LogP contribution in [0.5, 0.6) is 0 Å². The van der Waals surface area contributed by atoms with Gasteiger partial charge < -0.3 is 16.4 Å². The number of rotatable bonds is 4. The van der Waals surface area contributed by atoms with E-state index in [9.17, 15) is 4.79 Å². The first-order valence-corrected chi connectivity index (χ1v) is 6.77. The molecule has 1 fully saturated rings. The third kappa shape index (κ3) is 3.20.